The van der Waals surface area contributed by atoms with Gasteiger partial charge >= 0.3 is 13.8 Å². The summed E-state index contributed by atoms with van der Waals surface area (Å²) in [6, 6.07) is 0. The Hall–Kier alpha value is -0.500. The molecule has 35 heavy (non-hydrogen) atoms. The number of carbonyl (C=O) groups is 1. The Kier molecular flexibility index (Phi) is 21.3. The first-order valence-corrected chi connectivity index (χ1v) is 15.3. The Bertz CT molecular complexity index is 554. The lowest BCUT2D eigenvalue weighted by Crippen LogP contribution is -2.37. The van der Waals surface area contributed by atoms with Gasteiger partial charge in [0.2, 0.25) is 0 Å². The number of unbranched alkanes of at least 4 members (excludes halogenated alkanes) is 11. The van der Waals surface area contributed by atoms with Crippen LogP contribution in [-0.2, 0) is 27.9 Å². The second kappa shape index (κ2) is 21.6. The van der Waals surface area contributed by atoms with Crippen molar-refractivity contribution < 1.29 is 37.3 Å². The standard InChI is InChI=1S/C26H54NO7P/c1-6-8-9-10-11-12-13-14-15-16-17-18-21-31-23-25(34-26(28)19-7-2)24-33-35(29,30)32-22-20-27(3,4)5/h25H,6-24H2,1-5H3/p+1/t25-/m1/s1. The fourth-order valence-corrected chi connectivity index (χ4v) is 4.21. The highest BCUT2D eigenvalue weighted by Gasteiger charge is 2.26. The number of rotatable bonds is 25. The zero-order valence-corrected chi connectivity index (χ0v) is 24.2. The second-order valence-corrected chi connectivity index (χ2v) is 11.9. The van der Waals surface area contributed by atoms with Crippen molar-refractivity contribution in [2.45, 2.75) is 110 Å². The van der Waals surface area contributed by atoms with Gasteiger partial charge in [-0.15, -0.1) is 0 Å². The zero-order chi connectivity index (χ0) is 26.4. The molecule has 1 unspecified atom stereocenters. The minimum atomic E-state index is -4.22. The molecule has 0 spiro atoms. The summed E-state index contributed by atoms with van der Waals surface area (Å²) in [4.78, 5) is 21.8. The molecule has 0 saturated carbocycles. The van der Waals surface area contributed by atoms with Gasteiger partial charge < -0.3 is 18.9 Å². The number of ether oxygens (including phenoxy) is 2. The summed E-state index contributed by atoms with van der Waals surface area (Å²) in [6.45, 7) is 5.24. The van der Waals surface area contributed by atoms with Crippen molar-refractivity contribution in [3.8, 4) is 0 Å². The minimum Gasteiger partial charge on any atom is -0.457 e. The number of quaternary nitrogens is 1. The van der Waals surface area contributed by atoms with Crippen LogP contribution < -0.4 is 0 Å². The monoisotopic (exact) mass is 524 g/mol. The molecule has 0 heterocycles. The molecule has 2 atom stereocenters. The number of nitrogens with zero attached hydrogens (tertiary/aromatic N) is 1. The van der Waals surface area contributed by atoms with Gasteiger partial charge in [0.1, 0.15) is 19.3 Å². The highest BCUT2D eigenvalue weighted by Crippen LogP contribution is 2.43. The van der Waals surface area contributed by atoms with Crippen LogP contribution in [0.25, 0.3) is 0 Å². The van der Waals surface area contributed by atoms with Gasteiger partial charge in [0.25, 0.3) is 0 Å². The van der Waals surface area contributed by atoms with Crippen LogP contribution in [0.5, 0.6) is 0 Å². The first-order valence-electron chi connectivity index (χ1n) is 13.8. The lowest BCUT2D eigenvalue weighted by Gasteiger charge is -2.24. The Labute approximate surface area is 215 Å². The van der Waals surface area contributed by atoms with Gasteiger partial charge in [0.05, 0.1) is 34.4 Å². The van der Waals surface area contributed by atoms with E-state index in [2.05, 4.69) is 6.92 Å². The first-order chi connectivity index (χ1) is 16.6. The quantitative estimate of drug-likeness (QED) is 0.0653. The molecule has 1 N–H and O–H groups in total. The summed E-state index contributed by atoms with van der Waals surface area (Å²) in [5, 5.41) is 0. The van der Waals surface area contributed by atoms with Crippen LogP contribution in [0.3, 0.4) is 0 Å². The van der Waals surface area contributed by atoms with Crippen LogP contribution >= 0.6 is 7.82 Å². The molecule has 0 aliphatic carbocycles. The predicted octanol–water partition coefficient (Wildman–Crippen LogP) is 6.26. The number of phosphoric ester groups is 1. The van der Waals surface area contributed by atoms with E-state index in [0.29, 0.717) is 24.1 Å². The third-order valence-electron chi connectivity index (χ3n) is 5.64. The lowest BCUT2D eigenvalue weighted by atomic mass is 10.1. The van der Waals surface area contributed by atoms with E-state index < -0.39 is 13.9 Å². The number of hydrogen-bond acceptors (Lipinski definition) is 6. The first kappa shape index (κ1) is 34.5. The maximum absolute atomic E-state index is 12.1. The molecule has 210 valence electrons. The molecule has 0 fully saturated rings. The van der Waals surface area contributed by atoms with E-state index in [1.54, 1.807) is 0 Å². The van der Waals surface area contributed by atoms with Crippen molar-refractivity contribution in [1.82, 2.24) is 0 Å². The molecule has 0 aliphatic rings. The van der Waals surface area contributed by atoms with Crippen LogP contribution in [0.15, 0.2) is 0 Å². The predicted molar refractivity (Wildman–Crippen MR) is 141 cm³/mol. The second-order valence-electron chi connectivity index (χ2n) is 10.4. The van der Waals surface area contributed by atoms with Crippen molar-refractivity contribution in [3.05, 3.63) is 0 Å². The Morgan fingerprint density at radius 2 is 1.31 bits per heavy atom. The van der Waals surface area contributed by atoms with E-state index in [0.717, 1.165) is 12.8 Å². The molecular formula is C26H55NO7P+. The molecule has 0 amide bonds. The summed E-state index contributed by atoms with van der Waals surface area (Å²) in [5.41, 5.74) is 0. The normalized spacial score (nSPS) is 14.6. The SMILES string of the molecule is CCCCCCCCCCCCCCOC[C@H](COP(=O)(O)OCC[N+](C)(C)C)OC(=O)CCC. The van der Waals surface area contributed by atoms with Crippen molar-refractivity contribution in [2.24, 2.45) is 0 Å². The van der Waals surface area contributed by atoms with E-state index in [-0.39, 0.29) is 32.2 Å². The summed E-state index contributed by atoms with van der Waals surface area (Å²) >= 11 is 0. The maximum atomic E-state index is 12.1. The van der Waals surface area contributed by atoms with Crippen molar-refractivity contribution >= 4 is 13.8 Å². The van der Waals surface area contributed by atoms with Gasteiger partial charge in [0, 0.05) is 13.0 Å². The van der Waals surface area contributed by atoms with Crippen LogP contribution in [0, 0.1) is 0 Å². The topological polar surface area (TPSA) is 91.3 Å². The van der Waals surface area contributed by atoms with Gasteiger partial charge in [-0.2, -0.15) is 0 Å². The van der Waals surface area contributed by atoms with E-state index in [9.17, 15) is 14.3 Å². The van der Waals surface area contributed by atoms with Gasteiger partial charge in [0.15, 0.2) is 0 Å². The molecule has 0 rings (SSSR count). The Morgan fingerprint density at radius 3 is 1.83 bits per heavy atom. The highest BCUT2D eigenvalue weighted by molar-refractivity contribution is 7.47. The summed E-state index contributed by atoms with van der Waals surface area (Å²) < 4.78 is 33.9. The summed E-state index contributed by atoms with van der Waals surface area (Å²) in [6.07, 6.45) is 15.5. The molecule has 0 saturated heterocycles. The van der Waals surface area contributed by atoms with Gasteiger partial charge in [-0.25, -0.2) is 4.57 Å². The number of phosphoric acid groups is 1. The average Bonchev–Trinajstić information content (AvgIpc) is 2.76. The minimum absolute atomic E-state index is 0.0903. The average molecular weight is 525 g/mol. The fourth-order valence-electron chi connectivity index (χ4n) is 3.47. The van der Waals surface area contributed by atoms with E-state index in [1.807, 2.05) is 28.1 Å². The molecule has 0 aromatic heterocycles. The van der Waals surface area contributed by atoms with Crippen LogP contribution in [-0.4, -0.2) is 75.6 Å². The van der Waals surface area contributed by atoms with Gasteiger partial charge in [-0.3, -0.25) is 13.8 Å². The van der Waals surface area contributed by atoms with Crippen LogP contribution in [0.1, 0.15) is 104 Å². The maximum Gasteiger partial charge on any atom is 0.472 e. The van der Waals surface area contributed by atoms with E-state index >= 15 is 0 Å². The van der Waals surface area contributed by atoms with E-state index in [1.165, 1.54) is 64.2 Å². The summed E-state index contributed by atoms with van der Waals surface area (Å²) in [5.74, 6) is -0.367. The highest BCUT2D eigenvalue weighted by atomic mass is 31.2. The zero-order valence-electron chi connectivity index (χ0n) is 23.3. The Morgan fingerprint density at radius 1 is 0.771 bits per heavy atom. The number of hydrogen-bond donors (Lipinski definition) is 1. The number of esters is 1. The molecule has 9 heteroatoms. The van der Waals surface area contributed by atoms with E-state index in [4.69, 9.17) is 18.5 Å². The van der Waals surface area contributed by atoms with Crippen molar-refractivity contribution in [2.75, 3.05) is 54.1 Å². The van der Waals surface area contributed by atoms with Crippen molar-refractivity contribution in [1.29, 1.82) is 0 Å². The largest absolute Gasteiger partial charge is 0.472 e. The van der Waals surface area contributed by atoms with Gasteiger partial charge in [-0.1, -0.05) is 84.5 Å². The number of likely N-dealkylation sites (N-methyl/N-ethyl adjacent to an activating group) is 1. The van der Waals surface area contributed by atoms with Crippen LogP contribution in [0.2, 0.25) is 0 Å². The Balaban J connectivity index is 4.05. The molecule has 0 bridgehead atoms. The van der Waals surface area contributed by atoms with Crippen LogP contribution in [0.4, 0.5) is 0 Å². The molecule has 0 aromatic carbocycles. The molecule has 0 aliphatic heterocycles. The van der Waals surface area contributed by atoms with Crippen molar-refractivity contribution in [3.63, 3.8) is 0 Å². The summed E-state index contributed by atoms with van der Waals surface area (Å²) in [7, 11) is 1.66. The third kappa shape index (κ3) is 25.0. The lowest BCUT2D eigenvalue weighted by molar-refractivity contribution is -0.870. The molecular weight excluding hydrogens is 469 g/mol. The fraction of sp³-hybridized carbons (Fsp3) is 0.962. The molecule has 8 nitrogen and oxygen atoms in total. The molecule has 0 aromatic rings. The van der Waals surface area contributed by atoms with Gasteiger partial charge in [-0.05, 0) is 12.8 Å². The molecule has 0 radical (unpaired) electrons. The number of carbonyl (C=O) groups excluding carboxylic acids is 1. The smallest absolute Gasteiger partial charge is 0.457 e. The third-order valence-corrected chi connectivity index (χ3v) is 6.62.